The van der Waals surface area contributed by atoms with Crippen LogP contribution in [0.1, 0.15) is 23.2 Å². The Kier molecular flexibility index (Phi) is 6.59. The van der Waals surface area contributed by atoms with Gasteiger partial charge in [-0.2, -0.15) is 0 Å². The van der Waals surface area contributed by atoms with Gasteiger partial charge in [0, 0.05) is 24.1 Å². The number of methoxy groups -OCH3 is 2. The summed E-state index contributed by atoms with van der Waals surface area (Å²) < 4.78 is 38.8. The zero-order valence-electron chi connectivity index (χ0n) is 16.6. The van der Waals surface area contributed by atoms with Gasteiger partial charge in [0.05, 0.1) is 30.4 Å². The fourth-order valence-corrected chi connectivity index (χ4v) is 4.87. The number of ether oxygens (including phenoxy) is 2. The van der Waals surface area contributed by atoms with Crippen LogP contribution in [0.5, 0.6) is 11.5 Å². The highest BCUT2D eigenvalue weighted by Crippen LogP contribution is 2.31. The maximum absolute atomic E-state index is 12.9. The lowest BCUT2D eigenvalue weighted by Gasteiger charge is -2.18. The van der Waals surface area contributed by atoms with Crippen LogP contribution >= 0.6 is 11.8 Å². The van der Waals surface area contributed by atoms with Crippen LogP contribution in [0.4, 0.5) is 5.69 Å². The Bertz CT molecular complexity index is 1000. The molecule has 1 heterocycles. The molecule has 7 nitrogen and oxygen atoms in total. The molecule has 3 rings (SSSR count). The van der Waals surface area contributed by atoms with Gasteiger partial charge in [0.25, 0.3) is 15.9 Å². The lowest BCUT2D eigenvalue weighted by Crippen LogP contribution is -2.28. The number of nitrogens with one attached hydrogen (secondary N) is 1. The number of sulfonamides is 1. The molecule has 0 aromatic heterocycles. The molecular weight excluding hydrogens is 412 g/mol. The fraction of sp³-hybridized carbons (Fsp3) is 0.350. The summed E-state index contributed by atoms with van der Waals surface area (Å²) in [7, 11) is -0.901. The van der Waals surface area contributed by atoms with Crippen LogP contribution in [0, 0.1) is 0 Å². The molecule has 0 spiro atoms. The average molecular weight is 437 g/mol. The van der Waals surface area contributed by atoms with Gasteiger partial charge in [-0.1, -0.05) is 0 Å². The maximum Gasteiger partial charge on any atom is 0.261 e. The number of carbonyl (C=O) groups is 1. The Balaban J connectivity index is 1.92. The van der Waals surface area contributed by atoms with E-state index in [1.54, 1.807) is 29.2 Å². The lowest BCUT2D eigenvalue weighted by molar-refractivity contribution is 0.0789. The Morgan fingerprint density at radius 1 is 1.03 bits per heavy atom. The molecule has 0 unspecified atom stereocenters. The number of benzene rings is 2. The monoisotopic (exact) mass is 436 g/mol. The molecule has 0 bridgehead atoms. The molecule has 29 heavy (non-hydrogen) atoms. The summed E-state index contributed by atoms with van der Waals surface area (Å²) in [4.78, 5) is 15.4. The molecule has 0 radical (unpaired) electrons. The van der Waals surface area contributed by atoms with E-state index in [0.717, 1.165) is 17.7 Å². The number of hydrogen-bond acceptors (Lipinski definition) is 6. The number of hydrogen-bond donors (Lipinski definition) is 1. The zero-order valence-corrected chi connectivity index (χ0v) is 18.2. The third-order valence-corrected chi connectivity index (χ3v) is 6.92. The summed E-state index contributed by atoms with van der Waals surface area (Å²) in [6, 6.07) is 9.40. The van der Waals surface area contributed by atoms with Crippen molar-refractivity contribution in [2.75, 3.05) is 38.3 Å². The fourth-order valence-electron chi connectivity index (χ4n) is 3.23. The van der Waals surface area contributed by atoms with E-state index in [9.17, 15) is 13.2 Å². The number of thioether (sulfide) groups is 1. The molecule has 156 valence electrons. The molecule has 0 saturated carbocycles. The second-order valence-electron chi connectivity index (χ2n) is 6.54. The molecule has 1 amide bonds. The Labute approximate surface area is 175 Å². The molecule has 0 aliphatic carbocycles. The van der Waals surface area contributed by atoms with Crippen molar-refractivity contribution in [3.63, 3.8) is 0 Å². The number of amides is 1. The van der Waals surface area contributed by atoms with Gasteiger partial charge in [0.15, 0.2) is 11.5 Å². The summed E-state index contributed by atoms with van der Waals surface area (Å²) in [5, 5.41) is 0. The van der Waals surface area contributed by atoms with Gasteiger partial charge >= 0.3 is 0 Å². The van der Waals surface area contributed by atoms with Gasteiger partial charge in [-0.3, -0.25) is 9.52 Å². The third-order valence-electron chi connectivity index (χ3n) is 4.74. The van der Waals surface area contributed by atoms with Gasteiger partial charge in [-0.15, -0.1) is 11.8 Å². The summed E-state index contributed by atoms with van der Waals surface area (Å²) in [6.07, 6.45) is 3.81. The number of likely N-dealkylation sites (tertiary alicyclic amines) is 1. The number of anilines is 1. The van der Waals surface area contributed by atoms with Crippen molar-refractivity contribution in [1.82, 2.24) is 4.90 Å². The number of nitrogens with zero attached hydrogens (tertiary/aromatic N) is 1. The standard InChI is InChI=1S/C20H24N2O5S2/c1-26-17-8-6-14(12-18(17)27-2)21-29(24,25)15-7-9-19(28-3)16(13-15)20(23)22-10-4-5-11-22/h6-9,12-13,21H,4-5,10-11H2,1-3H3. The predicted octanol–water partition coefficient (Wildman–Crippen LogP) is 3.46. The molecule has 0 atom stereocenters. The summed E-state index contributed by atoms with van der Waals surface area (Å²) >= 11 is 1.42. The van der Waals surface area contributed by atoms with Gasteiger partial charge in [0.1, 0.15) is 0 Å². The van der Waals surface area contributed by atoms with Crippen LogP contribution < -0.4 is 14.2 Å². The van der Waals surface area contributed by atoms with Crippen molar-refractivity contribution >= 4 is 33.4 Å². The smallest absolute Gasteiger partial charge is 0.261 e. The largest absolute Gasteiger partial charge is 0.493 e. The molecular formula is C20H24N2O5S2. The normalized spacial score (nSPS) is 14.0. The van der Waals surface area contributed by atoms with Gasteiger partial charge in [-0.25, -0.2) is 8.42 Å². The summed E-state index contributed by atoms with van der Waals surface area (Å²) in [5.41, 5.74) is 0.749. The molecule has 2 aromatic carbocycles. The SMILES string of the molecule is COc1ccc(NS(=O)(=O)c2ccc(SC)c(C(=O)N3CCCC3)c2)cc1OC. The van der Waals surface area contributed by atoms with Crippen molar-refractivity contribution < 1.29 is 22.7 Å². The number of rotatable bonds is 7. The molecule has 1 saturated heterocycles. The summed E-state index contributed by atoms with van der Waals surface area (Å²) in [6.45, 7) is 1.40. The van der Waals surface area contributed by atoms with Crippen molar-refractivity contribution in [2.45, 2.75) is 22.6 Å². The van der Waals surface area contributed by atoms with Crippen LogP contribution in [-0.2, 0) is 10.0 Å². The van der Waals surface area contributed by atoms with Crippen molar-refractivity contribution in [3.05, 3.63) is 42.0 Å². The molecule has 2 aromatic rings. The minimum absolute atomic E-state index is 0.0348. The predicted molar refractivity (Wildman–Crippen MR) is 114 cm³/mol. The van der Waals surface area contributed by atoms with E-state index in [-0.39, 0.29) is 10.8 Å². The van der Waals surface area contributed by atoms with E-state index in [0.29, 0.717) is 35.8 Å². The van der Waals surface area contributed by atoms with Crippen LogP contribution in [0.25, 0.3) is 0 Å². The minimum Gasteiger partial charge on any atom is -0.493 e. The van der Waals surface area contributed by atoms with Crippen LogP contribution in [-0.4, -0.2) is 52.8 Å². The highest BCUT2D eigenvalue weighted by Gasteiger charge is 2.24. The molecule has 1 fully saturated rings. The van der Waals surface area contributed by atoms with E-state index in [2.05, 4.69) is 4.72 Å². The Hall–Kier alpha value is -2.39. The van der Waals surface area contributed by atoms with Gasteiger partial charge < -0.3 is 14.4 Å². The van der Waals surface area contributed by atoms with E-state index >= 15 is 0 Å². The van der Waals surface area contributed by atoms with Crippen LogP contribution in [0.15, 0.2) is 46.2 Å². The highest BCUT2D eigenvalue weighted by atomic mass is 32.2. The maximum atomic E-state index is 12.9. The van der Waals surface area contributed by atoms with Crippen LogP contribution in [0.3, 0.4) is 0 Å². The second-order valence-corrected chi connectivity index (χ2v) is 9.07. The van der Waals surface area contributed by atoms with E-state index in [1.165, 1.54) is 38.1 Å². The minimum atomic E-state index is -3.89. The van der Waals surface area contributed by atoms with Crippen molar-refractivity contribution in [3.8, 4) is 11.5 Å². The molecule has 1 aliphatic heterocycles. The van der Waals surface area contributed by atoms with Crippen molar-refractivity contribution in [2.24, 2.45) is 0 Å². The average Bonchev–Trinajstić information content (AvgIpc) is 3.27. The first-order chi connectivity index (χ1) is 13.9. The third kappa shape index (κ3) is 4.62. The second kappa shape index (κ2) is 8.96. The molecule has 1 aliphatic rings. The first kappa shape index (κ1) is 21.3. The quantitative estimate of drug-likeness (QED) is 0.669. The van der Waals surface area contributed by atoms with Crippen LogP contribution in [0.2, 0.25) is 0 Å². The van der Waals surface area contributed by atoms with Gasteiger partial charge in [0.2, 0.25) is 0 Å². The Morgan fingerprint density at radius 2 is 1.72 bits per heavy atom. The van der Waals surface area contributed by atoms with E-state index in [1.807, 2.05) is 6.26 Å². The first-order valence-corrected chi connectivity index (χ1v) is 11.8. The Morgan fingerprint density at radius 3 is 2.34 bits per heavy atom. The zero-order chi connectivity index (χ0) is 21.0. The highest BCUT2D eigenvalue weighted by molar-refractivity contribution is 7.98. The topological polar surface area (TPSA) is 84.9 Å². The molecule has 1 N–H and O–H groups in total. The van der Waals surface area contributed by atoms with E-state index in [4.69, 9.17) is 9.47 Å². The number of carbonyl (C=O) groups excluding carboxylic acids is 1. The van der Waals surface area contributed by atoms with Gasteiger partial charge in [-0.05, 0) is 49.4 Å². The van der Waals surface area contributed by atoms with Crippen molar-refractivity contribution in [1.29, 1.82) is 0 Å². The molecule has 9 heteroatoms. The van der Waals surface area contributed by atoms with E-state index < -0.39 is 10.0 Å². The first-order valence-electron chi connectivity index (χ1n) is 9.11. The lowest BCUT2D eigenvalue weighted by atomic mass is 10.2. The summed E-state index contributed by atoms with van der Waals surface area (Å²) in [5.74, 6) is 0.781.